The van der Waals surface area contributed by atoms with Crippen molar-refractivity contribution < 1.29 is 14.6 Å². The Morgan fingerprint density at radius 2 is 1.87 bits per heavy atom. The van der Waals surface area contributed by atoms with Gasteiger partial charge in [-0.2, -0.15) is 0 Å². The van der Waals surface area contributed by atoms with Gasteiger partial charge < -0.3 is 15.2 Å². The summed E-state index contributed by atoms with van der Waals surface area (Å²) in [6.45, 7) is 4.22. The molecule has 4 unspecified atom stereocenters. The molecular formula is C18H32N2O3. The standard InChI is InChI=1S/C18H32N2O3/c21-17(13-20-7-9-23-10-8-20)12-19-18(22)16-6-5-14-3-1-2-4-15(14)11-16/h14-17,21H,1-13H2,(H,19,22). The van der Waals surface area contributed by atoms with Gasteiger partial charge in [0.15, 0.2) is 0 Å². The average Bonchev–Trinajstić information content (AvgIpc) is 2.60. The van der Waals surface area contributed by atoms with Crippen molar-refractivity contribution in [2.24, 2.45) is 17.8 Å². The summed E-state index contributed by atoms with van der Waals surface area (Å²) in [5.41, 5.74) is 0. The zero-order chi connectivity index (χ0) is 16.1. The van der Waals surface area contributed by atoms with Gasteiger partial charge in [0.2, 0.25) is 5.91 Å². The molecule has 0 spiro atoms. The highest BCUT2D eigenvalue weighted by Crippen LogP contribution is 2.42. The smallest absolute Gasteiger partial charge is 0.223 e. The fourth-order valence-corrected chi connectivity index (χ4v) is 4.62. The number of fused-ring (bicyclic) bond motifs is 1. The molecule has 3 fully saturated rings. The molecule has 5 heteroatoms. The van der Waals surface area contributed by atoms with Crippen LogP contribution in [-0.2, 0) is 9.53 Å². The third-order valence-corrected chi connectivity index (χ3v) is 6.00. The van der Waals surface area contributed by atoms with Crippen LogP contribution in [0.1, 0.15) is 44.9 Å². The molecular weight excluding hydrogens is 292 g/mol. The molecule has 3 aliphatic rings. The monoisotopic (exact) mass is 324 g/mol. The molecule has 5 nitrogen and oxygen atoms in total. The molecule has 2 N–H and O–H groups in total. The Morgan fingerprint density at radius 3 is 2.65 bits per heavy atom. The summed E-state index contributed by atoms with van der Waals surface area (Å²) in [7, 11) is 0. The minimum absolute atomic E-state index is 0.162. The average molecular weight is 324 g/mol. The molecule has 23 heavy (non-hydrogen) atoms. The molecule has 0 bridgehead atoms. The molecule has 0 aromatic carbocycles. The first-order valence-corrected chi connectivity index (χ1v) is 9.48. The van der Waals surface area contributed by atoms with E-state index in [1.165, 1.54) is 32.1 Å². The predicted molar refractivity (Wildman–Crippen MR) is 89.1 cm³/mol. The second kappa shape index (κ2) is 8.45. The van der Waals surface area contributed by atoms with Gasteiger partial charge in [-0.15, -0.1) is 0 Å². The Bertz CT molecular complexity index is 384. The van der Waals surface area contributed by atoms with Gasteiger partial charge in [-0.1, -0.05) is 25.7 Å². The van der Waals surface area contributed by atoms with E-state index < -0.39 is 6.10 Å². The van der Waals surface area contributed by atoms with Crippen molar-refractivity contribution in [2.45, 2.75) is 51.0 Å². The van der Waals surface area contributed by atoms with E-state index in [-0.39, 0.29) is 11.8 Å². The largest absolute Gasteiger partial charge is 0.390 e. The quantitative estimate of drug-likeness (QED) is 0.802. The number of β-amino-alcohol motifs (C(OH)–C–C–N with tert-alkyl or cyclic N) is 1. The van der Waals surface area contributed by atoms with Crippen molar-refractivity contribution in [1.29, 1.82) is 0 Å². The Balaban J connectivity index is 1.37. The number of aliphatic hydroxyl groups is 1. The lowest BCUT2D eigenvalue weighted by molar-refractivity contribution is -0.127. The minimum Gasteiger partial charge on any atom is -0.390 e. The summed E-state index contributed by atoms with van der Waals surface area (Å²) in [6.07, 6.45) is 8.25. The van der Waals surface area contributed by atoms with E-state index in [0.717, 1.165) is 51.0 Å². The molecule has 1 aliphatic heterocycles. The zero-order valence-electron chi connectivity index (χ0n) is 14.2. The minimum atomic E-state index is -0.483. The molecule has 2 aliphatic carbocycles. The van der Waals surface area contributed by atoms with Gasteiger partial charge in [-0.25, -0.2) is 0 Å². The first-order valence-electron chi connectivity index (χ1n) is 9.48. The molecule has 1 amide bonds. The maximum atomic E-state index is 12.4. The summed E-state index contributed by atoms with van der Waals surface area (Å²) in [5, 5.41) is 13.1. The van der Waals surface area contributed by atoms with Crippen LogP contribution in [0.4, 0.5) is 0 Å². The Morgan fingerprint density at radius 1 is 1.13 bits per heavy atom. The number of hydrogen-bond acceptors (Lipinski definition) is 4. The first kappa shape index (κ1) is 17.2. The fourth-order valence-electron chi connectivity index (χ4n) is 4.62. The number of morpholine rings is 1. The van der Waals surface area contributed by atoms with E-state index in [9.17, 15) is 9.90 Å². The number of hydrogen-bond donors (Lipinski definition) is 2. The van der Waals surface area contributed by atoms with Crippen molar-refractivity contribution in [3.63, 3.8) is 0 Å². The highest BCUT2D eigenvalue weighted by molar-refractivity contribution is 5.78. The molecule has 2 saturated carbocycles. The van der Waals surface area contributed by atoms with Crippen molar-refractivity contribution in [1.82, 2.24) is 10.2 Å². The van der Waals surface area contributed by atoms with E-state index in [4.69, 9.17) is 4.74 Å². The number of carbonyl (C=O) groups is 1. The zero-order valence-corrected chi connectivity index (χ0v) is 14.2. The summed E-state index contributed by atoms with van der Waals surface area (Å²) >= 11 is 0. The highest BCUT2D eigenvalue weighted by Gasteiger charge is 2.35. The fraction of sp³-hybridized carbons (Fsp3) is 0.944. The number of nitrogens with zero attached hydrogens (tertiary/aromatic N) is 1. The molecule has 0 radical (unpaired) electrons. The molecule has 4 atom stereocenters. The van der Waals surface area contributed by atoms with Gasteiger partial charge >= 0.3 is 0 Å². The van der Waals surface area contributed by atoms with E-state index in [0.29, 0.717) is 13.1 Å². The van der Waals surface area contributed by atoms with Gasteiger partial charge in [0.05, 0.1) is 19.3 Å². The summed E-state index contributed by atoms with van der Waals surface area (Å²) in [5.74, 6) is 1.98. The number of amides is 1. The number of carbonyl (C=O) groups excluding carboxylic acids is 1. The van der Waals surface area contributed by atoms with Gasteiger partial charge in [-0.05, 0) is 31.1 Å². The van der Waals surface area contributed by atoms with Crippen LogP contribution in [0.25, 0.3) is 0 Å². The van der Waals surface area contributed by atoms with Gasteiger partial charge in [-0.3, -0.25) is 9.69 Å². The van der Waals surface area contributed by atoms with Crippen molar-refractivity contribution in [2.75, 3.05) is 39.4 Å². The van der Waals surface area contributed by atoms with Crippen molar-refractivity contribution >= 4 is 5.91 Å². The van der Waals surface area contributed by atoms with Crippen LogP contribution in [0.15, 0.2) is 0 Å². The number of aliphatic hydroxyl groups excluding tert-OH is 1. The Hall–Kier alpha value is -0.650. The van der Waals surface area contributed by atoms with Crippen LogP contribution in [0.5, 0.6) is 0 Å². The van der Waals surface area contributed by atoms with E-state index in [1.807, 2.05) is 0 Å². The lowest BCUT2D eigenvalue weighted by Gasteiger charge is -2.38. The maximum absolute atomic E-state index is 12.4. The van der Waals surface area contributed by atoms with Crippen LogP contribution in [0, 0.1) is 17.8 Å². The van der Waals surface area contributed by atoms with Gasteiger partial charge in [0.25, 0.3) is 0 Å². The summed E-state index contributed by atoms with van der Waals surface area (Å²) in [6, 6.07) is 0. The Kier molecular flexibility index (Phi) is 6.31. The van der Waals surface area contributed by atoms with E-state index >= 15 is 0 Å². The summed E-state index contributed by atoms with van der Waals surface area (Å²) < 4.78 is 5.31. The van der Waals surface area contributed by atoms with Crippen LogP contribution in [0.3, 0.4) is 0 Å². The third-order valence-electron chi connectivity index (χ3n) is 6.00. The SMILES string of the molecule is O=C(NCC(O)CN1CCOCC1)C1CCC2CCCCC2C1. The molecule has 1 saturated heterocycles. The molecule has 3 rings (SSSR count). The van der Waals surface area contributed by atoms with Crippen LogP contribution in [-0.4, -0.2) is 61.4 Å². The van der Waals surface area contributed by atoms with E-state index in [2.05, 4.69) is 10.2 Å². The van der Waals surface area contributed by atoms with Crippen molar-refractivity contribution in [3.05, 3.63) is 0 Å². The first-order chi connectivity index (χ1) is 11.2. The van der Waals surface area contributed by atoms with E-state index in [1.54, 1.807) is 0 Å². The number of nitrogens with one attached hydrogen (secondary N) is 1. The lowest BCUT2D eigenvalue weighted by Crippen LogP contribution is -2.46. The number of ether oxygens (including phenoxy) is 1. The predicted octanol–water partition coefficient (Wildman–Crippen LogP) is 1.40. The third kappa shape index (κ3) is 4.91. The normalized spacial score (nSPS) is 33.7. The highest BCUT2D eigenvalue weighted by atomic mass is 16.5. The second-order valence-electron chi connectivity index (χ2n) is 7.63. The Labute approximate surface area is 139 Å². The van der Waals surface area contributed by atoms with Crippen LogP contribution >= 0.6 is 0 Å². The molecule has 0 aromatic rings. The molecule has 0 aromatic heterocycles. The van der Waals surface area contributed by atoms with Crippen LogP contribution in [0.2, 0.25) is 0 Å². The molecule has 132 valence electrons. The number of rotatable bonds is 5. The van der Waals surface area contributed by atoms with Crippen LogP contribution < -0.4 is 5.32 Å². The maximum Gasteiger partial charge on any atom is 0.223 e. The van der Waals surface area contributed by atoms with Gasteiger partial charge in [0.1, 0.15) is 0 Å². The van der Waals surface area contributed by atoms with Gasteiger partial charge in [0, 0.05) is 32.1 Å². The molecule has 1 heterocycles. The topological polar surface area (TPSA) is 61.8 Å². The summed E-state index contributed by atoms with van der Waals surface area (Å²) in [4.78, 5) is 14.6. The lowest BCUT2D eigenvalue weighted by atomic mass is 9.67. The van der Waals surface area contributed by atoms with Crippen molar-refractivity contribution in [3.8, 4) is 0 Å². The second-order valence-corrected chi connectivity index (χ2v) is 7.63.